The molecule has 0 radical (unpaired) electrons. The summed E-state index contributed by atoms with van der Waals surface area (Å²) in [6.45, 7) is 4.79. The van der Waals surface area contributed by atoms with Crippen LogP contribution in [0.5, 0.6) is 0 Å². The Morgan fingerprint density at radius 2 is 0.778 bits per heavy atom. The summed E-state index contributed by atoms with van der Waals surface area (Å²) < 4.78 is 0. The van der Waals surface area contributed by atoms with Gasteiger partial charge < -0.3 is 10.2 Å². The van der Waals surface area contributed by atoms with Gasteiger partial charge in [-0.15, -0.1) is 0 Å². The number of aliphatic hydroxyl groups excluding tert-OH is 2. The molecule has 1 aliphatic rings. The van der Waals surface area contributed by atoms with Gasteiger partial charge in [-0.25, -0.2) is 0 Å². The van der Waals surface area contributed by atoms with E-state index < -0.39 is 0 Å². The summed E-state index contributed by atoms with van der Waals surface area (Å²) in [6, 6.07) is 0. The molecular formula is C16H36O2. The lowest BCUT2D eigenvalue weighted by atomic mass is 10.0. The van der Waals surface area contributed by atoms with Crippen LogP contribution in [0.15, 0.2) is 0 Å². The standard InChI is InChI=1S/C8H16.2C4H10O/c1-2-4-6-8-7-5-3-1;2*1-2-3-4-5/h1-8H2;2*5H,2-4H2,1H3. The topological polar surface area (TPSA) is 40.5 Å². The molecular weight excluding hydrogens is 224 g/mol. The van der Waals surface area contributed by atoms with Crippen molar-refractivity contribution < 1.29 is 10.2 Å². The van der Waals surface area contributed by atoms with Crippen molar-refractivity contribution in [2.24, 2.45) is 0 Å². The maximum Gasteiger partial charge on any atom is 0.0430 e. The predicted octanol–water partition coefficient (Wildman–Crippen LogP) is 4.68. The van der Waals surface area contributed by atoms with E-state index in [1.54, 1.807) is 0 Å². The highest BCUT2D eigenvalue weighted by Crippen LogP contribution is 2.15. The zero-order valence-electron chi connectivity index (χ0n) is 12.8. The van der Waals surface area contributed by atoms with Crippen LogP contribution in [-0.4, -0.2) is 23.4 Å². The first-order chi connectivity index (χ1) is 8.83. The molecule has 2 N–H and O–H groups in total. The molecule has 112 valence electrons. The molecule has 1 aliphatic carbocycles. The number of unbranched alkanes of at least 4 members (excludes halogenated alkanes) is 2. The van der Waals surface area contributed by atoms with Crippen LogP contribution in [0.1, 0.15) is 90.9 Å². The van der Waals surface area contributed by atoms with E-state index in [9.17, 15) is 0 Å². The van der Waals surface area contributed by atoms with Gasteiger partial charge in [0, 0.05) is 13.2 Å². The largest absolute Gasteiger partial charge is 0.396 e. The number of aliphatic hydroxyl groups is 2. The molecule has 0 heterocycles. The molecule has 0 aliphatic heterocycles. The Labute approximate surface area is 115 Å². The summed E-state index contributed by atoms with van der Waals surface area (Å²) in [5.41, 5.74) is 0. The summed E-state index contributed by atoms with van der Waals surface area (Å²) in [4.78, 5) is 0. The second kappa shape index (κ2) is 22.1. The molecule has 0 aromatic rings. The molecule has 0 saturated heterocycles. The molecule has 1 saturated carbocycles. The van der Waals surface area contributed by atoms with E-state index >= 15 is 0 Å². The van der Waals surface area contributed by atoms with Crippen molar-refractivity contribution in [3.63, 3.8) is 0 Å². The average Bonchev–Trinajstić information content (AvgIpc) is 2.31. The third-order valence-electron chi connectivity index (χ3n) is 3.02. The van der Waals surface area contributed by atoms with E-state index in [1.807, 2.05) is 0 Å². The van der Waals surface area contributed by atoms with E-state index in [0.717, 1.165) is 25.7 Å². The zero-order valence-corrected chi connectivity index (χ0v) is 12.8. The molecule has 0 aromatic carbocycles. The Balaban J connectivity index is 0. The Hall–Kier alpha value is -0.0800. The van der Waals surface area contributed by atoms with E-state index in [0.29, 0.717) is 13.2 Å². The van der Waals surface area contributed by atoms with Gasteiger partial charge in [-0.2, -0.15) is 0 Å². The van der Waals surface area contributed by atoms with E-state index in [2.05, 4.69) is 13.8 Å². The summed E-state index contributed by atoms with van der Waals surface area (Å²) in [5, 5.41) is 16.1. The summed E-state index contributed by atoms with van der Waals surface area (Å²) in [6.07, 6.45) is 16.1. The number of rotatable bonds is 4. The van der Waals surface area contributed by atoms with Crippen molar-refractivity contribution in [2.75, 3.05) is 13.2 Å². The maximum atomic E-state index is 8.07. The molecule has 18 heavy (non-hydrogen) atoms. The van der Waals surface area contributed by atoms with Crippen LogP contribution in [0.2, 0.25) is 0 Å². The molecule has 0 atom stereocenters. The minimum atomic E-state index is 0.344. The molecule has 2 nitrogen and oxygen atoms in total. The highest BCUT2D eigenvalue weighted by atomic mass is 16.3. The Morgan fingerprint density at radius 1 is 0.556 bits per heavy atom. The van der Waals surface area contributed by atoms with Crippen LogP contribution in [0.25, 0.3) is 0 Å². The van der Waals surface area contributed by atoms with E-state index in [1.165, 1.54) is 51.4 Å². The van der Waals surface area contributed by atoms with Crippen molar-refractivity contribution in [2.45, 2.75) is 90.9 Å². The summed E-state index contributed by atoms with van der Waals surface area (Å²) in [7, 11) is 0. The van der Waals surface area contributed by atoms with E-state index in [4.69, 9.17) is 10.2 Å². The van der Waals surface area contributed by atoms with Gasteiger partial charge in [0.15, 0.2) is 0 Å². The summed E-state index contributed by atoms with van der Waals surface area (Å²) in [5.74, 6) is 0. The molecule has 1 rings (SSSR count). The zero-order chi connectivity index (χ0) is 13.9. The van der Waals surface area contributed by atoms with Gasteiger partial charge in [0.1, 0.15) is 0 Å². The van der Waals surface area contributed by atoms with Crippen LogP contribution in [-0.2, 0) is 0 Å². The number of hydrogen-bond acceptors (Lipinski definition) is 2. The van der Waals surface area contributed by atoms with Crippen molar-refractivity contribution in [1.82, 2.24) is 0 Å². The highest BCUT2D eigenvalue weighted by molar-refractivity contribution is 4.51. The first-order valence-electron chi connectivity index (χ1n) is 8.05. The fourth-order valence-electron chi connectivity index (χ4n) is 1.73. The first kappa shape index (κ1) is 20.2. The monoisotopic (exact) mass is 260 g/mol. The highest BCUT2D eigenvalue weighted by Gasteiger charge is 1.95. The van der Waals surface area contributed by atoms with E-state index in [-0.39, 0.29) is 0 Å². The van der Waals surface area contributed by atoms with Crippen LogP contribution in [0.4, 0.5) is 0 Å². The number of hydrogen-bond donors (Lipinski definition) is 2. The van der Waals surface area contributed by atoms with Gasteiger partial charge in [-0.3, -0.25) is 0 Å². The Bertz CT molecular complexity index is 81.7. The SMILES string of the molecule is C1CCCCCCC1.CCCCO.CCCCO. The van der Waals surface area contributed by atoms with Gasteiger partial charge in [-0.05, 0) is 12.8 Å². The Morgan fingerprint density at radius 3 is 0.833 bits per heavy atom. The van der Waals surface area contributed by atoms with Gasteiger partial charge in [0.25, 0.3) is 0 Å². The fraction of sp³-hybridized carbons (Fsp3) is 1.00. The molecule has 0 aromatic heterocycles. The quantitative estimate of drug-likeness (QED) is 0.770. The van der Waals surface area contributed by atoms with Gasteiger partial charge >= 0.3 is 0 Å². The van der Waals surface area contributed by atoms with Crippen molar-refractivity contribution >= 4 is 0 Å². The third-order valence-corrected chi connectivity index (χ3v) is 3.02. The lowest BCUT2D eigenvalue weighted by Crippen LogP contribution is -1.85. The van der Waals surface area contributed by atoms with Gasteiger partial charge in [-0.1, -0.05) is 78.1 Å². The normalized spacial score (nSPS) is 15.3. The van der Waals surface area contributed by atoms with Crippen molar-refractivity contribution in [3.05, 3.63) is 0 Å². The minimum absolute atomic E-state index is 0.344. The molecule has 2 heteroatoms. The molecule has 1 fully saturated rings. The van der Waals surface area contributed by atoms with Crippen LogP contribution in [0, 0.1) is 0 Å². The van der Waals surface area contributed by atoms with Crippen molar-refractivity contribution in [3.8, 4) is 0 Å². The lowest BCUT2D eigenvalue weighted by molar-refractivity contribution is 0.286. The second-order valence-corrected chi connectivity index (χ2v) is 4.98. The molecule has 0 unspecified atom stereocenters. The molecule has 0 amide bonds. The lowest BCUT2D eigenvalue weighted by Gasteiger charge is -2.05. The van der Waals surface area contributed by atoms with Crippen LogP contribution in [0.3, 0.4) is 0 Å². The molecule has 0 bridgehead atoms. The smallest absolute Gasteiger partial charge is 0.0430 e. The minimum Gasteiger partial charge on any atom is -0.396 e. The fourth-order valence-corrected chi connectivity index (χ4v) is 1.73. The van der Waals surface area contributed by atoms with Crippen LogP contribution >= 0.6 is 0 Å². The van der Waals surface area contributed by atoms with Gasteiger partial charge in [0.2, 0.25) is 0 Å². The first-order valence-corrected chi connectivity index (χ1v) is 8.05. The third kappa shape index (κ3) is 24.9. The van der Waals surface area contributed by atoms with Gasteiger partial charge in [0.05, 0.1) is 0 Å². The van der Waals surface area contributed by atoms with Crippen molar-refractivity contribution in [1.29, 1.82) is 0 Å². The Kier molecular flexibility index (Phi) is 24.9. The predicted molar refractivity (Wildman–Crippen MR) is 80.9 cm³/mol. The van der Waals surface area contributed by atoms with Crippen LogP contribution < -0.4 is 0 Å². The summed E-state index contributed by atoms with van der Waals surface area (Å²) >= 11 is 0. The second-order valence-electron chi connectivity index (χ2n) is 4.98. The molecule has 0 spiro atoms. The average molecular weight is 260 g/mol. The maximum absolute atomic E-state index is 8.07.